The van der Waals surface area contributed by atoms with Crippen molar-refractivity contribution in [2.24, 2.45) is 0 Å². The molecule has 1 aliphatic rings. The molecule has 2 heterocycles. The molecule has 1 unspecified atom stereocenters. The minimum Gasteiger partial charge on any atom is -0.376 e. The van der Waals surface area contributed by atoms with Gasteiger partial charge in [-0.2, -0.15) is 0 Å². The molecular formula is C10H15ClN2O3S. The standard InChI is InChI=1S/C10H15ClN2O3S/c1-8-12-10(17(11,14)15)7-13(8)6-9-4-2-3-5-16-9/h7,9H,2-6H2,1H3. The van der Waals surface area contributed by atoms with E-state index in [0.717, 1.165) is 25.9 Å². The van der Waals surface area contributed by atoms with Crippen molar-refractivity contribution in [3.05, 3.63) is 12.0 Å². The lowest BCUT2D eigenvalue weighted by molar-refractivity contribution is 0.00563. The summed E-state index contributed by atoms with van der Waals surface area (Å²) in [4.78, 5) is 3.93. The molecule has 1 saturated heterocycles. The van der Waals surface area contributed by atoms with E-state index in [9.17, 15) is 8.42 Å². The van der Waals surface area contributed by atoms with Gasteiger partial charge in [0.1, 0.15) is 5.82 Å². The van der Waals surface area contributed by atoms with Gasteiger partial charge in [0.05, 0.1) is 12.6 Å². The highest BCUT2D eigenvalue weighted by Crippen LogP contribution is 2.18. The lowest BCUT2D eigenvalue weighted by Crippen LogP contribution is -2.24. The number of ether oxygens (including phenoxy) is 1. The van der Waals surface area contributed by atoms with Gasteiger partial charge in [-0.05, 0) is 26.2 Å². The summed E-state index contributed by atoms with van der Waals surface area (Å²) in [5, 5.41) is -0.0903. The number of nitrogens with zero attached hydrogens (tertiary/aromatic N) is 2. The predicted molar refractivity (Wildman–Crippen MR) is 63.6 cm³/mol. The summed E-state index contributed by atoms with van der Waals surface area (Å²) in [5.74, 6) is 0.637. The molecule has 1 aliphatic heterocycles. The van der Waals surface area contributed by atoms with Gasteiger partial charge in [0, 0.05) is 23.5 Å². The second-order valence-electron chi connectivity index (χ2n) is 4.21. The Morgan fingerprint density at radius 1 is 1.59 bits per heavy atom. The van der Waals surface area contributed by atoms with Crippen LogP contribution in [-0.4, -0.2) is 30.7 Å². The van der Waals surface area contributed by atoms with Crippen molar-refractivity contribution in [2.75, 3.05) is 6.61 Å². The Balaban J connectivity index is 2.13. The summed E-state index contributed by atoms with van der Waals surface area (Å²) < 4.78 is 29.7. The van der Waals surface area contributed by atoms with Crippen LogP contribution in [-0.2, 0) is 20.3 Å². The number of aryl methyl sites for hydroxylation is 1. The maximum absolute atomic E-state index is 11.1. The van der Waals surface area contributed by atoms with Crippen molar-refractivity contribution in [3.63, 3.8) is 0 Å². The van der Waals surface area contributed by atoms with Crippen LogP contribution in [0.2, 0.25) is 0 Å². The Bertz CT molecular complexity index is 492. The number of aromatic nitrogens is 2. The summed E-state index contributed by atoms with van der Waals surface area (Å²) in [6.07, 6.45) is 4.86. The molecule has 0 saturated carbocycles. The zero-order valence-corrected chi connectivity index (χ0v) is 11.2. The van der Waals surface area contributed by atoms with E-state index in [1.54, 1.807) is 11.5 Å². The molecule has 0 radical (unpaired) electrons. The maximum Gasteiger partial charge on any atom is 0.280 e. The molecule has 5 nitrogen and oxygen atoms in total. The molecule has 0 amide bonds. The summed E-state index contributed by atoms with van der Waals surface area (Å²) in [6.45, 7) is 3.17. The fourth-order valence-electron chi connectivity index (χ4n) is 1.95. The first kappa shape index (κ1) is 12.9. The Morgan fingerprint density at radius 3 is 2.88 bits per heavy atom. The Hall–Kier alpha value is -0.590. The van der Waals surface area contributed by atoms with E-state index in [1.165, 1.54) is 6.20 Å². The van der Waals surface area contributed by atoms with E-state index in [4.69, 9.17) is 15.4 Å². The minimum atomic E-state index is -3.75. The van der Waals surface area contributed by atoms with Crippen LogP contribution < -0.4 is 0 Å². The molecule has 7 heteroatoms. The summed E-state index contributed by atoms with van der Waals surface area (Å²) in [5.41, 5.74) is 0. The topological polar surface area (TPSA) is 61.2 Å². The van der Waals surface area contributed by atoms with Gasteiger partial charge in [0.2, 0.25) is 0 Å². The first-order chi connectivity index (χ1) is 7.97. The van der Waals surface area contributed by atoms with Crippen molar-refractivity contribution >= 4 is 19.7 Å². The van der Waals surface area contributed by atoms with E-state index in [1.807, 2.05) is 0 Å². The second-order valence-corrected chi connectivity index (χ2v) is 6.72. The van der Waals surface area contributed by atoms with Gasteiger partial charge in [0.15, 0.2) is 5.03 Å². The Morgan fingerprint density at radius 2 is 2.35 bits per heavy atom. The molecule has 17 heavy (non-hydrogen) atoms. The third-order valence-electron chi connectivity index (χ3n) is 2.88. The molecule has 1 aromatic heterocycles. The van der Waals surface area contributed by atoms with Crippen LogP contribution in [0.3, 0.4) is 0 Å². The number of imidazole rings is 1. The van der Waals surface area contributed by atoms with E-state index in [0.29, 0.717) is 12.4 Å². The van der Waals surface area contributed by atoms with Crippen LogP contribution in [0.4, 0.5) is 0 Å². The minimum absolute atomic E-state index is 0.0903. The quantitative estimate of drug-likeness (QED) is 0.790. The van der Waals surface area contributed by atoms with Crippen LogP contribution in [0.25, 0.3) is 0 Å². The molecule has 1 fully saturated rings. The summed E-state index contributed by atoms with van der Waals surface area (Å²) >= 11 is 0. The molecule has 0 aromatic carbocycles. The van der Waals surface area contributed by atoms with Gasteiger partial charge in [-0.1, -0.05) is 0 Å². The highest BCUT2D eigenvalue weighted by Gasteiger charge is 2.19. The maximum atomic E-state index is 11.1. The Kier molecular flexibility index (Phi) is 3.75. The average Bonchev–Trinajstić information content (AvgIpc) is 2.62. The van der Waals surface area contributed by atoms with Crippen molar-refractivity contribution in [1.29, 1.82) is 0 Å². The molecule has 0 spiro atoms. The van der Waals surface area contributed by atoms with Crippen molar-refractivity contribution in [3.8, 4) is 0 Å². The normalized spacial score (nSPS) is 21.6. The predicted octanol–water partition coefficient (Wildman–Crippen LogP) is 1.69. The molecule has 1 atom stereocenters. The zero-order chi connectivity index (χ0) is 12.5. The van der Waals surface area contributed by atoms with Crippen molar-refractivity contribution in [2.45, 2.75) is 43.9 Å². The third-order valence-corrected chi connectivity index (χ3v) is 4.05. The van der Waals surface area contributed by atoms with Gasteiger partial charge in [-0.15, -0.1) is 0 Å². The van der Waals surface area contributed by atoms with E-state index in [-0.39, 0.29) is 11.1 Å². The highest BCUT2D eigenvalue weighted by atomic mass is 35.7. The second kappa shape index (κ2) is 4.96. The summed E-state index contributed by atoms with van der Waals surface area (Å²) in [6, 6.07) is 0. The molecule has 2 rings (SSSR count). The van der Waals surface area contributed by atoms with Gasteiger partial charge in [-0.3, -0.25) is 0 Å². The molecule has 1 aromatic rings. The fraction of sp³-hybridized carbons (Fsp3) is 0.700. The number of halogens is 1. The molecule has 0 N–H and O–H groups in total. The highest BCUT2D eigenvalue weighted by molar-refractivity contribution is 8.13. The molecule has 0 aliphatic carbocycles. The van der Waals surface area contributed by atoms with E-state index >= 15 is 0 Å². The first-order valence-corrected chi connectivity index (χ1v) is 7.88. The van der Waals surface area contributed by atoms with Gasteiger partial charge in [-0.25, -0.2) is 13.4 Å². The first-order valence-electron chi connectivity index (χ1n) is 5.57. The van der Waals surface area contributed by atoms with E-state index in [2.05, 4.69) is 4.98 Å². The van der Waals surface area contributed by atoms with Gasteiger partial charge < -0.3 is 9.30 Å². The van der Waals surface area contributed by atoms with Gasteiger partial charge in [0.25, 0.3) is 9.05 Å². The van der Waals surface area contributed by atoms with Crippen LogP contribution >= 0.6 is 10.7 Å². The van der Waals surface area contributed by atoms with Crippen LogP contribution in [0, 0.1) is 6.92 Å². The largest absolute Gasteiger partial charge is 0.376 e. The third kappa shape index (κ3) is 3.20. The number of hydrogen-bond donors (Lipinski definition) is 0. The lowest BCUT2D eigenvalue weighted by Gasteiger charge is -2.23. The zero-order valence-electron chi connectivity index (χ0n) is 9.60. The number of hydrogen-bond acceptors (Lipinski definition) is 4. The fourth-order valence-corrected chi connectivity index (χ4v) is 2.67. The smallest absolute Gasteiger partial charge is 0.280 e. The Labute approximate surface area is 105 Å². The van der Waals surface area contributed by atoms with E-state index < -0.39 is 9.05 Å². The monoisotopic (exact) mass is 278 g/mol. The molecule has 0 bridgehead atoms. The SMILES string of the molecule is Cc1nc(S(=O)(=O)Cl)cn1CC1CCCCO1. The molecule has 96 valence electrons. The average molecular weight is 279 g/mol. The lowest BCUT2D eigenvalue weighted by atomic mass is 10.1. The molecular weight excluding hydrogens is 264 g/mol. The van der Waals surface area contributed by atoms with Crippen molar-refractivity contribution < 1.29 is 13.2 Å². The van der Waals surface area contributed by atoms with Crippen LogP contribution in [0.1, 0.15) is 25.1 Å². The van der Waals surface area contributed by atoms with Crippen LogP contribution in [0.5, 0.6) is 0 Å². The van der Waals surface area contributed by atoms with Gasteiger partial charge >= 0.3 is 0 Å². The van der Waals surface area contributed by atoms with Crippen LogP contribution in [0.15, 0.2) is 11.2 Å². The summed E-state index contributed by atoms with van der Waals surface area (Å²) in [7, 11) is 1.51. The van der Waals surface area contributed by atoms with Crippen molar-refractivity contribution in [1.82, 2.24) is 9.55 Å². The number of rotatable bonds is 3.